The standard InChI is InChI=1S/C15H22N2O2/c18-14(19)10-12-15(11-6-2-1-3-7-11)13-8-4-5-9-17(13)16-12/h11H,1-10H2,(H,18,19). The molecule has 0 aromatic carbocycles. The van der Waals surface area contributed by atoms with E-state index in [4.69, 9.17) is 5.11 Å². The third-order valence-electron chi connectivity index (χ3n) is 4.54. The fourth-order valence-electron chi connectivity index (χ4n) is 3.70. The number of hydrogen-bond acceptors (Lipinski definition) is 2. The molecule has 1 fully saturated rings. The quantitative estimate of drug-likeness (QED) is 0.911. The van der Waals surface area contributed by atoms with E-state index >= 15 is 0 Å². The first-order chi connectivity index (χ1) is 9.25. The Hall–Kier alpha value is -1.32. The van der Waals surface area contributed by atoms with Gasteiger partial charge in [-0.3, -0.25) is 9.48 Å². The van der Waals surface area contributed by atoms with Crippen molar-refractivity contribution in [1.82, 2.24) is 9.78 Å². The Balaban J connectivity index is 1.97. The third-order valence-corrected chi connectivity index (χ3v) is 4.54. The predicted molar refractivity (Wildman–Crippen MR) is 72.3 cm³/mol. The lowest BCUT2D eigenvalue weighted by Crippen LogP contribution is -2.14. The van der Waals surface area contributed by atoms with Crippen LogP contribution in [0.1, 0.15) is 67.8 Å². The largest absolute Gasteiger partial charge is 0.481 e. The van der Waals surface area contributed by atoms with E-state index in [9.17, 15) is 4.79 Å². The number of rotatable bonds is 3. The highest BCUT2D eigenvalue weighted by Gasteiger charge is 2.28. The van der Waals surface area contributed by atoms with Crippen molar-refractivity contribution in [3.63, 3.8) is 0 Å². The van der Waals surface area contributed by atoms with Crippen molar-refractivity contribution < 1.29 is 9.90 Å². The highest BCUT2D eigenvalue weighted by molar-refractivity contribution is 5.70. The van der Waals surface area contributed by atoms with Gasteiger partial charge in [0.1, 0.15) is 0 Å². The normalized spacial score (nSPS) is 20.2. The Kier molecular flexibility index (Phi) is 3.58. The lowest BCUT2D eigenvalue weighted by molar-refractivity contribution is -0.136. The van der Waals surface area contributed by atoms with Crippen LogP contribution in [0.25, 0.3) is 0 Å². The number of carboxylic acids is 1. The summed E-state index contributed by atoms with van der Waals surface area (Å²) in [6.45, 7) is 0.967. The van der Waals surface area contributed by atoms with Crippen molar-refractivity contribution in [3.8, 4) is 0 Å². The van der Waals surface area contributed by atoms with Gasteiger partial charge in [-0.2, -0.15) is 5.10 Å². The summed E-state index contributed by atoms with van der Waals surface area (Å²) in [4.78, 5) is 11.1. The maximum atomic E-state index is 11.1. The van der Waals surface area contributed by atoms with Gasteiger partial charge < -0.3 is 5.11 Å². The smallest absolute Gasteiger partial charge is 0.309 e. The molecule has 1 N–H and O–H groups in total. The van der Waals surface area contributed by atoms with Crippen molar-refractivity contribution in [2.75, 3.05) is 0 Å². The summed E-state index contributed by atoms with van der Waals surface area (Å²) in [6, 6.07) is 0. The van der Waals surface area contributed by atoms with Crippen molar-refractivity contribution >= 4 is 5.97 Å². The molecule has 4 heteroatoms. The Labute approximate surface area is 113 Å². The number of fused-ring (bicyclic) bond motifs is 1. The van der Waals surface area contributed by atoms with Crippen molar-refractivity contribution in [1.29, 1.82) is 0 Å². The van der Waals surface area contributed by atoms with Gasteiger partial charge >= 0.3 is 5.97 Å². The van der Waals surface area contributed by atoms with Gasteiger partial charge in [0.2, 0.25) is 0 Å². The Morgan fingerprint density at radius 3 is 2.74 bits per heavy atom. The van der Waals surface area contributed by atoms with Crippen molar-refractivity contribution in [2.45, 2.75) is 70.3 Å². The molecule has 0 spiro atoms. The summed E-state index contributed by atoms with van der Waals surface area (Å²) in [5, 5.41) is 13.7. The number of nitrogens with zero attached hydrogens (tertiary/aromatic N) is 2. The molecule has 0 saturated heterocycles. The molecule has 3 rings (SSSR count). The van der Waals surface area contributed by atoms with Gasteiger partial charge in [0.15, 0.2) is 0 Å². The SMILES string of the molecule is O=C(O)Cc1nn2c(c1C1CCCCC1)CCCC2. The second-order valence-electron chi connectivity index (χ2n) is 5.89. The first kappa shape index (κ1) is 12.7. The van der Waals surface area contributed by atoms with Gasteiger partial charge in [0.25, 0.3) is 0 Å². The molecule has 1 aliphatic carbocycles. The molecule has 19 heavy (non-hydrogen) atoms. The van der Waals surface area contributed by atoms with Gasteiger partial charge in [-0.15, -0.1) is 0 Å². The Morgan fingerprint density at radius 2 is 2.00 bits per heavy atom. The predicted octanol–water partition coefficient (Wildman–Crippen LogP) is 2.89. The lowest BCUT2D eigenvalue weighted by atomic mass is 9.81. The second-order valence-corrected chi connectivity index (χ2v) is 5.89. The summed E-state index contributed by atoms with van der Waals surface area (Å²) in [5.41, 5.74) is 3.49. The van der Waals surface area contributed by atoms with Crippen LogP contribution in [0.2, 0.25) is 0 Å². The van der Waals surface area contributed by atoms with Crippen LogP contribution in [0.4, 0.5) is 0 Å². The Morgan fingerprint density at radius 1 is 1.21 bits per heavy atom. The minimum atomic E-state index is -0.757. The van der Waals surface area contributed by atoms with Crippen LogP contribution in [0.5, 0.6) is 0 Å². The van der Waals surface area contributed by atoms with E-state index in [-0.39, 0.29) is 6.42 Å². The number of carbonyl (C=O) groups is 1. The van der Waals surface area contributed by atoms with Gasteiger partial charge in [0.05, 0.1) is 12.1 Å². The molecule has 2 heterocycles. The molecule has 4 nitrogen and oxygen atoms in total. The summed E-state index contributed by atoms with van der Waals surface area (Å²) >= 11 is 0. The van der Waals surface area contributed by atoms with Gasteiger partial charge in [0, 0.05) is 17.8 Å². The fourth-order valence-corrected chi connectivity index (χ4v) is 3.70. The van der Waals surface area contributed by atoms with Crippen molar-refractivity contribution in [2.24, 2.45) is 0 Å². The zero-order valence-electron chi connectivity index (χ0n) is 11.4. The minimum Gasteiger partial charge on any atom is -0.481 e. The number of hydrogen-bond donors (Lipinski definition) is 1. The molecule has 1 saturated carbocycles. The summed E-state index contributed by atoms with van der Waals surface area (Å²) in [7, 11) is 0. The molecule has 1 aliphatic heterocycles. The molecule has 0 bridgehead atoms. The van der Waals surface area contributed by atoms with E-state index in [2.05, 4.69) is 9.78 Å². The van der Waals surface area contributed by atoms with Gasteiger partial charge in [-0.1, -0.05) is 19.3 Å². The number of aromatic nitrogens is 2. The molecule has 0 amide bonds. The molecular formula is C15H22N2O2. The average molecular weight is 262 g/mol. The molecule has 0 radical (unpaired) electrons. The first-order valence-electron chi connectivity index (χ1n) is 7.56. The van der Waals surface area contributed by atoms with E-state index in [1.807, 2.05) is 0 Å². The molecule has 0 atom stereocenters. The van der Waals surface area contributed by atoms with E-state index in [1.165, 1.54) is 56.2 Å². The number of aryl methyl sites for hydroxylation is 1. The number of aliphatic carboxylic acids is 1. The second kappa shape index (κ2) is 5.35. The zero-order valence-corrected chi connectivity index (χ0v) is 11.4. The minimum absolute atomic E-state index is 0.0891. The van der Waals surface area contributed by atoms with Crippen LogP contribution in [-0.2, 0) is 24.2 Å². The highest BCUT2D eigenvalue weighted by Crippen LogP contribution is 2.38. The molecule has 1 aromatic rings. The van der Waals surface area contributed by atoms with E-state index in [0.717, 1.165) is 18.7 Å². The molecule has 104 valence electrons. The van der Waals surface area contributed by atoms with E-state index < -0.39 is 5.97 Å². The van der Waals surface area contributed by atoms with Crippen LogP contribution < -0.4 is 0 Å². The topological polar surface area (TPSA) is 55.1 Å². The van der Waals surface area contributed by atoms with Crippen LogP contribution in [0.3, 0.4) is 0 Å². The Bertz CT molecular complexity index is 473. The van der Waals surface area contributed by atoms with Crippen molar-refractivity contribution in [3.05, 3.63) is 17.0 Å². The van der Waals surface area contributed by atoms with Crippen LogP contribution in [0.15, 0.2) is 0 Å². The van der Waals surface area contributed by atoms with Gasteiger partial charge in [-0.25, -0.2) is 0 Å². The summed E-state index contributed by atoms with van der Waals surface area (Å²) in [5.74, 6) is -0.197. The van der Waals surface area contributed by atoms with E-state index in [0.29, 0.717) is 5.92 Å². The zero-order chi connectivity index (χ0) is 13.2. The van der Waals surface area contributed by atoms with E-state index in [1.54, 1.807) is 0 Å². The molecule has 2 aliphatic rings. The monoisotopic (exact) mass is 262 g/mol. The summed E-state index contributed by atoms with van der Waals surface area (Å²) in [6.07, 6.45) is 9.88. The van der Waals surface area contributed by atoms with Crippen LogP contribution >= 0.6 is 0 Å². The average Bonchev–Trinajstić information content (AvgIpc) is 2.76. The maximum absolute atomic E-state index is 11.1. The lowest BCUT2D eigenvalue weighted by Gasteiger charge is -2.24. The van der Waals surface area contributed by atoms with Gasteiger partial charge in [-0.05, 0) is 38.0 Å². The molecule has 0 unspecified atom stereocenters. The number of carboxylic acid groups (broad SMARTS) is 1. The molecule has 1 aromatic heterocycles. The summed E-state index contributed by atoms with van der Waals surface area (Å²) < 4.78 is 2.09. The third kappa shape index (κ3) is 2.53. The van der Waals surface area contributed by atoms with Crippen LogP contribution in [0, 0.1) is 0 Å². The highest BCUT2D eigenvalue weighted by atomic mass is 16.4. The first-order valence-corrected chi connectivity index (χ1v) is 7.56. The molecular weight excluding hydrogens is 240 g/mol. The fraction of sp³-hybridized carbons (Fsp3) is 0.733. The maximum Gasteiger partial charge on any atom is 0.309 e. The van der Waals surface area contributed by atoms with Crippen LogP contribution in [-0.4, -0.2) is 20.9 Å².